The van der Waals surface area contributed by atoms with Crippen LogP contribution in [-0.4, -0.2) is 61.7 Å². The Morgan fingerprint density at radius 1 is 1.06 bits per heavy atom. The largest absolute Gasteiger partial charge is 0.336 e. The molecular formula is C25H27N5O2S. The molecule has 8 heteroatoms. The Morgan fingerprint density at radius 2 is 1.85 bits per heavy atom. The van der Waals surface area contributed by atoms with Crippen molar-refractivity contribution in [2.75, 3.05) is 13.1 Å². The van der Waals surface area contributed by atoms with Gasteiger partial charge in [-0.2, -0.15) is 0 Å². The lowest BCUT2D eigenvalue weighted by Crippen LogP contribution is -2.52. The highest BCUT2D eigenvalue weighted by molar-refractivity contribution is 7.20. The van der Waals surface area contributed by atoms with E-state index in [2.05, 4.69) is 21.9 Å². The molecule has 1 aliphatic carbocycles. The van der Waals surface area contributed by atoms with Gasteiger partial charge in [-0.05, 0) is 69.2 Å². The first-order valence-electron chi connectivity index (χ1n) is 11.7. The van der Waals surface area contributed by atoms with Gasteiger partial charge < -0.3 is 9.80 Å². The van der Waals surface area contributed by atoms with Crippen LogP contribution in [0.5, 0.6) is 0 Å². The molecule has 2 amide bonds. The van der Waals surface area contributed by atoms with Gasteiger partial charge in [-0.1, -0.05) is 0 Å². The van der Waals surface area contributed by atoms with Crippen LogP contribution >= 0.6 is 11.3 Å². The summed E-state index contributed by atoms with van der Waals surface area (Å²) < 4.78 is 0. The Morgan fingerprint density at radius 3 is 2.61 bits per heavy atom. The number of likely N-dealkylation sites (tertiary alicyclic amines) is 2. The molecule has 2 bridgehead atoms. The normalized spacial score (nSPS) is 23.9. The Kier molecular flexibility index (Phi) is 4.76. The van der Waals surface area contributed by atoms with Crippen LogP contribution in [0.4, 0.5) is 0 Å². The van der Waals surface area contributed by atoms with Crippen LogP contribution in [0.3, 0.4) is 0 Å². The summed E-state index contributed by atoms with van der Waals surface area (Å²) in [5.74, 6) is 0.319. The summed E-state index contributed by atoms with van der Waals surface area (Å²) in [7, 11) is 0. The fourth-order valence-corrected chi connectivity index (χ4v) is 7.19. The van der Waals surface area contributed by atoms with Crippen molar-refractivity contribution in [2.45, 2.75) is 58.5 Å². The van der Waals surface area contributed by atoms with Gasteiger partial charge in [0, 0.05) is 42.0 Å². The van der Waals surface area contributed by atoms with Gasteiger partial charge >= 0.3 is 0 Å². The van der Waals surface area contributed by atoms with Crippen molar-refractivity contribution in [1.29, 1.82) is 0 Å². The van der Waals surface area contributed by atoms with Crippen molar-refractivity contribution < 1.29 is 9.59 Å². The maximum Gasteiger partial charge on any atom is 0.264 e. The molecule has 2 fully saturated rings. The average molecular weight is 462 g/mol. The Bertz CT molecular complexity index is 1300. The fraction of sp³-hybridized carbons (Fsp3) is 0.480. The molecule has 3 aliphatic rings. The smallest absolute Gasteiger partial charge is 0.264 e. The number of carbonyl (C=O) groups is 2. The molecule has 6 rings (SSSR count). The number of amides is 2. The van der Waals surface area contributed by atoms with Gasteiger partial charge in [-0.25, -0.2) is 15.0 Å². The zero-order valence-electron chi connectivity index (χ0n) is 19.2. The first-order valence-corrected chi connectivity index (χ1v) is 12.5. The van der Waals surface area contributed by atoms with E-state index in [1.807, 2.05) is 29.7 Å². The molecule has 0 saturated carbocycles. The number of rotatable bonds is 2. The van der Waals surface area contributed by atoms with E-state index in [4.69, 9.17) is 0 Å². The van der Waals surface area contributed by atoms with Crippen molar-refractivity contribution in [3.05, 3.63) is 51.5 Å². The minimum atomic E-state index is -0.00964. The van der Waals surface area contributed by atoms with Crippen LogP contribution in [0, 0.1) is 26.7 Å². The molecule has 2 aliphatic heterocycles. The molecule has 33 heavy (non-hydrogen) atoms. The van der Waals surface area contributed by atoms with E-state index in [-0.39, 0.29) is 29.8 Å². The number of hydrogen-bond donors (Lipinski definition) is 0. The van der Waals surface area contributed by atoms with E-state index in [0.717, 1.165) is 68.9 Å². The Balaban J connectivity index is 1.18. The number of hydrogen-bond acceptors (Lipinski definition) is 6. The standard InChI is InChI=1S/C25H27N5O2S/c1-13-6-7-26-23-21(13)14(2)22(33-23)25(32)30-11-17-9-18(30)10-29(17)24(31)16-4-5-20-19(8-16)15(3)27-12-28-20/h6-7,12,16-18H,4-5,8-11H2,1-3H3/t16?,17-,18-/m0/s1. The summed E-state index contributed by atoms with van der Waals surface area (Å²) in [5, 5.41) is 1.10. The average Bonchev–Trinajstić information content (AvgIpc) is 3.51. The maximum atomic E-state index is 13.5. The zero-order chi connectivity index (χ0) is 22.9. The third-order valence-corrected chi connectivity index (χ3v) is 8.98. The second-order valence-electron chi connectivity index (χ2n) is 9.68. The van der Waals surface area contributed by atoms with E-state index < -0.39 is 0 Å². The van der Waals surface area contributed by atoms with Gasteiger partial charge in [-0.15, -0.1) is 11.3 Å². The summed E-state index contributed by atoms with van der Waals surface area (Å²) in [4.78, 5) is 45.9. The van der Waals surface area contributed by atoms with Gasteiger partial charge in [0.05, 0.1) is 17.0 Å². The molecular weight excluding hydrogens is 434 g/mol. The number of aryl methyl sites for hydroxylation is 4. The van der Waals surface area contributed by atoms with Crippen LogP contribution in [0.1, 0.15) is 50.6 Å². The van der Waals surface area contributed by atoms with Crippen LogP contribution in [0.25, 0.3) is 10.2 Å². The second-order valence-corrected chi connectivity index (χ2v) is 10.7. The van der Waals surface area contributed by atoms with Crippen LogP contribution in [0.15, 0.2) is 18.6 Å². The number of pyridine rings is 1. The molecule has 3 aromatic rings. The highest BCUT2D eigenvalue weighted by Crippen LogP contribution is 2.38. The molecule has 1 unspecified atom stereocenters. The number of aromatic nitrogens is 3. The predicted octanol–water partition coefficient (Wildman–Crippen LogP) is 3.24. The van der Waals surface area contributed by atoms with Gasteiger partial charge in [0.25, 0.3) is 5.91 Å². The highest BCUT2D eigenvalue weighted by Gasteiger charge is 2.49. The Labute approximate surface area is 196 Å². The number of fused-ring (bicyclic) bond motifs is 4. The lowest BCUT2D eigenvalue weighted by Gasteiger charge is -2.37. The van der Waals surface area contributed by atoms with Crippen molar-refractivity contribution in [3.8, 4) is 0 Å². The number of carbonyl (C=O) groups excluding carboxylic acids is 2. The van der Waals surface area contributed by atoms with Gasteiger partial charge in [0.15, 0.2) is 0 Å². The molecule has 0 radical (unpaired) electrons. The molecule has 0 N–H and O–H groups in total. The van der Waals surface area contributed by atoms with Crippen molar-refractivity contribution in [3.63, 3.8) is 0 Å². The first kappa shape index (κ1) is 20.7. The quantitative estimate of drug-likeness (QED) is 0.585. The highest BCUT2D eigenvalue weighted by atomic mass is 32.1. The topological polar surface area (TPSA) is 79.3 Å². The predicted molar refractivity (Wildman–Crippen MR) is 126 cm³/mol. The number of nitrogens with zero attached hydrogens (tertiary/aromatic N) is 5. The molecule has 0 spiro atoms. The van der Waals surface area contributed by atoms with Crippen LogP contribution < -0.4 is 0 Å². The zero-order valence-corrected chi connectivity index (χ0v) is 20.0. The molecule has 3 atom stereocenters. The van der Waals surface area contributed by atoms with Crippen molar-refractivity contribution in [2.24, 2.45) is 5.92 Å². The molecule has 170 valence electrons. The minimum Gasteiger partial charge on any atom is -0.336 e. The molecule has 7 nitrogen and oxygen atoms in total. The summed E-state index contributed by atoms with van der Waals surface area (Å²) in [6.07, 6.45) is 6.71. The number of thiophene rings is 1. The number of piperazine rings is 1. The van der Waals surface area contributed by atoms with Crippen molar-refractivity contribution >= 4 is 33.4 Å². The molecule has 5 heterocycles. The SMILES string of the molecule is Cc1ncnc2c1CC(C(=O)N1C[C@@H]3C[C@H]1CN3C(=O)c1sc3nccc(C)c3c1C)CC2. The van der Waals surface area contributed by atoms with E-state index >= 15 is 0 Å². The van der Waals surface area contributed by atoms with E-state index in [9.17, 15) is 9.59 Å². The van der Waals surface area contributed by atoms with Crippen LogP contribution in [0.2, 0.25) is 0 Å². The van der Waals surface area contributed by atoms with E-state index in [0.29, 0.717) is 13.1 Å². The lowest BCUT2D eigenvalue weighted by atomic mass is 9.85. The second kappa shape index (κ2) is 7.58. The molecule has 0 aromatic carbocycles. The van der Waals surface area contributed by atoms with Crippen LogP contribution in [-0.2, 0) is 17.6 Å². The van der Waals surface area contributed by atoms with Gasteiger partial charge in [-0.3, -0.25) is 9.59 Å². The Hall–Kier alpha value is -2.87. The van der Waals surface area contributed by atoms with Gasteiger partial charge in [0.1, 0.15) is 11.2 Å². The minimum absolute atomic E-state index is 0.00964. The summed E-state index contributed by atoms with van der Waals surface area (Å²) in [6, 6.07) is 2.22. The summed E-state index contributed by atoms with van der Waals surface area (Å²) in [6.45, 7) is 7.36. The third kappa shape index (κ3) is 3.18. The maximum absolute atomic E-state index is 13.5. The molecule has 2 saturated heterocycles. The third-order valence-electron chi connectivity index (χ3n) is 7.80. The van der Waals surface area contributed by atoms with E-state index in [1.165, 1.54) is 11.3 Å². The molecule has 3 aromatic heterocycles. The fourth-order valence-electron chi connectivity index (χ4n) is 6.01. The summed E-state index contributed by atoms with van der Waals surface area (Å²) in [5.41, 5.74) is 5.41. The first-order chi connectivity index (χ1) is 15.9. The monoisotopic (exact) mass is 461 g/mol. The van der Waals surface area contributed by atoms with E-state index in [1.54, 1.807) is 12.5 Å². The summed E-state index contributed by atoms with van der Waals surface area (Å²) >= 11 is 1.49. The lowest BCUT2D eigenvalue weighted by molar-refractivity contribution is -0.138. The van der Waals surface area contributed by atoms with Gasteiger partial charge in [0.2, 0.25) is 5.91 Å². The van der Waals surface area contributed by atoms with Crippen molar-refractivity contribution in [1.82, 2.24) is 24.8 Å².